The van der Waals surface area contributed by atoms with Crippen LogP contribution in [0.25, 0.3) is 0 Å². The van der Waals surface area contributed by atoms with Crippen LogP contribution >= 0.6 is 0 Å². The molecule has 0 spiro atoms. The summed E-state index contributed by atoms with van der Waals surface area (Å²) >= 11 is 0. The van der Waals surface area contributed by atoms with Crippen LogP contribution in [0.3, 0.4) is 0 Å². The molecule has 0 radical (unpaired) electrons. The number of amides is 1. The molecule has 1 atom stereocenters. The van der Waals surface area contributed by atoms with E-state index in [1.165, 1.54) is 7.05 Å². The number of hydrogen-bond donors (Lipinski definition) is 2. The van der Waals surface area contributed by atoms with Crippen molar-refractivity contribution in [2.24, 2.45) is 5.92 Å². The summed E-state index contributed by atoms with van der Waals surface area (Å²) in [5.74, 6) is -0.647. The van der Waals surface area contributed by atoms with Crippen molar-refractivity contribution in [3.8, 4) is 0 Å². The summed E-state index contributed by atoms with van der Waals surface area (Å²) < 4.78 is 23.8. The molecule has 0 aromatic rings. The van der Waals surface area contributed by atoms with Crippen LogP contribution < -0.4 is 10.6 Å². The lowest BCUT2D eigenvalue weighted by Gasteiger charge is -2.27. The first-order valence-corrected chi connectivity index (χ1v) is 7.32. The van der Waals surface area contributed by atoms with Crippen molar-refractivity contribution in [2.75, 3.05) is 25.9 Å². The third-order valence-electron chi connectivity index (χ3n) is 3.23. The largest absolute Gasteiger partial charge is 0.358 e. The van der Waals surface area contributed by atoms with Crippen molar-refractivity contribution in [2.45, 2.75) is 25.0 Å². The minimum Gasteiger partial charge on any atom is -0.358 e. The van der Waals surface area contributed by atoms with E-state index in [1.807, 2.05) is 0 Å². The molecule has 1 rings (SSSR count). The fraction of sp³-hybridized carbons (Fsp3) is 0.900. The molecule has 0 aromatic carbocycles. The standard InChI is InChI=1S/C10H20N2O3S/c1-8(9-3-5-12-6-4-9)16(14,15)7-10(13)11-2/h8-9,12H,3-7H2,1-2H3,(H,11,13). The summed E-state index contributed by atoms with van der Waals surface area (Å²) in [4.78, 5) is 11.1. The predicted octanol–water partition coefficient (Wildman–Crippen LogP) is -0.465. The van der Waals surface area contributed by atoms with Gasteiger partial charge in [-0.1, -0.05) is 0 Å². The maximum atomic E-state index is 11.9. The molecular formula is C10H20N2O3S. The molecule has 1 aliphatic heterocycles. The number of carbonyl (C=O) groups is 1. The van der Waals surface area contributed by atoms with E-state index in [9.17, 15) is 13.2 Å². The van der Waals surface area contributed by atoms with Crippen molar-refractivity contribution < 1.29 is 13.2 Å². The summed E-state index contributed by atoms with van der Waals surface area (Å²) in [6.45, 7) is 3.45. The number of nitrogens with one attached hydrogen (secondary N) is 2. The highest BCUT2D eigenvalue weighted by Gasteiger charge is 2.31. The van der Waals surface area contributed by atoms with Crippen LogP contribution in [-0.2, 0) is 14.6 Å². The van der Waals surface area contributed by atoms with Gasteiger partial charge in [-0.3, -0.25) is 4.79 Å². The molecule has 5 nitrogen and oxygen atoms in total. The Morgan fingerprint density at radius 1 is 1.44 bits per heavy atom. The normalized spacial score (nSPS) is 20.4. The van der Waals surface area contributed by atoms with Gasteiger partial charge in [0, 0.05) is 7.05 Å². The lowest BCUT2D eigenvalue weighted by molar-refractivity contribution is -0.118. The van der Waals surface area contributed by atoms with Gasteiger partial charge in [0.05, 0.1) is 5.25 Å². The molecule has 2 N–H and O–H groups in total. The zero-order valence-electron chi connectivity index (χ0n) is 9.82. The first-order valence-electron chi connectivity index (χ1n) is 5.60. The second-order valence-electron chi connectivity index (χ2n) is 4.27. The first kappa shape index (κ1) is 13.4. The van der Waals surface area contributed by atoms with Crippen LogP contribution in [0.4, 0.5) is 0 Å². The van der Waals surface area contributed by atoms with Crippen molar-refractivity contribution in [3.63, 3.8) is 0 Å². The van der Waals surface area contributed by atoms with Crippen molar-refractivity contribution in [3.05, 3.63) is 0 Å². The Balaban J connectivity index is 2.63. The van der Waals surface area contributed by atoms with Gasteiger partial charge in [0.1, 0.15) is 5.75 Å². The Morgan fingerprint density at radius 3 is 2.50 bits per heavy atom. The lowest BCUT2D eigenvalue weighted by atomic mass is 9.95. The molecule has 16 heavy (non-hydrogen) atoms. The SMILES string of the molecule is CNC(=O)CS(=O)(=O)C(C)C1CCNCC1. The van der Waals surface area contributed by atoms with Gasteiger partial charge in [0.25, 0.3) is 0 Å². The summed E-state index contributed by atoms with van der Waals surface area (Å²) in [5.41, 5.74) is 0. The molecule has 0 bridgehead atoms. The molecule has 1 fully saturated rings. The Kier molecular flexibility index (Phi) is 4.73. The van der Waals surface area contributed by atoms with E-state index in [1.54, 1.807) is 6.92 Å². The molecule has 1 saturated heterocycles. The van der Waals surface area contributed by atoms with Crippen molar-refractivity contribution >= 4 is 15.7 Å². The average molecular weight is 248 g/mol. The summed E-state index contributed by atoms with van der Waals surface area (Å²) in [6, 6.07) is 0. The molecule has 1 unspecified atom stereocenters. The van der Waals surface area contributed by atoms with Crippen molar-refractivity contribution in [1.29, 1.82) is 0 Å². The molecule has 1 heterocycles. The minimum atomic E-state index is -3.31. The number of carbonyl (C=O) groups excluding carboxylic acids is 1. The highest BCUT2D eigenvalue weighted by atomic mass is 32.2. The van der Waals surface area contributed by atoms with Crippen LogP contribution in [0, 0.1) is 5.92 Å². The lowest BCUT2D eigenvalue weighted by Crippen LogP contribution is -2.40. The van der Waals surface area contributed by atoms with Crippen molar-refractivity contribution in [1.82, 2.24) is 10.6 Å². The Labute approximate surface area is 96.9 Å². The fourth-order valence-corrected chi connectivity index (χ4v) is 3.62. The summed E-state index contributed by atoms with van der Waals surface area (Å²) in [7, 11) is -1.86. The zero-order chi connectivity index (χ0) is 12.2. The van der Waals surface area contributed by atoms with Gasteiger partial charge < -0.3 is 10.6 Å². The van der Waals surface area contributed by atoms with Gasteiger partial charge in [-0.05, 0) is 38.8 Å². The van der Waals surface area contributed by atoms with E-state index in [4.69, 9.17) is 0 Å². The van der Waals surface area contributed by atoms with Gasteiger partial charge in [0.2, 0.25) is 5.91 Å². The van der Waals surface area contributed by atoms with E-state index in [-0.39, 0.29) is 5.92 Å². The van der Waals surface area contributed by atoms with Crippen LogP contribution in [-0.4, -0.2) is 45.5 Å². The van der Waals surface area contributed by atoms with Gasteiger partial charge in [0.15, 0.2) is 9.84 Å². The Hall–Kier alpha value is -0.620. The second kappa shape index (κ2) is 5.63. The summed E-state index contributed by atoms with van der Waals surface area (Å²) in [6.07, 6.45) is 1.74. The zero-order valence-corrected chi connectivity index (χ0v) is 10.6. The molecule has 0 aromatic heterocycles. The van der Waals surface area contributed by atoms with E-state index in [0.29, 0.717) is 0 Å². The van der Waals surface area contributed by atoms with Crippen LogP contribution in [0.1, 0.15) is 19.8 Å². The van der Waals surface area contributed by atoms with E-state index < -0.39 is 26.7 Å². The second-order valence-corrected chi connectivity index (χ2v) is 6.63. The first-order chi connectivity index (χ1) is 7.47. The average Bonchev–Trinajstić information content (AvgIpc) is 2.28. The van der Waals surface area contributed by atoms with Crippen LogP contribution in [0.2, 0.25) is 0 Å². The highest BCUT2D eigenvalue weighted by Crippen LogP contribution is 2.22. The Bertz CT molecular complexity index is 334. The molecule has 6 heteroatoms. The molecule has 94 valence electrons. The van der Waals surface area contributed by atoms with Gasteiger partial charge in [-0.15, -0.1) is 0 Å². The highest BCUT2D eigenvalue weighted by molar-refractivity contribution is 7.92. The number of sulfone groups is 1. The molecule has 0 aliphatic carbocycles. The van der Waals surface area contributed by atoms with Gasteiger partial charge in [-0.2, -0.15) is 0 Å². The quantitative estimate of drug-likeness (QED) is 0.705. The third-order valence-corrected chi connectivity index (χ3v) is 5.41. The molecule has 0 saturated carbocycles. The van der Waals surface area contributed by atoms with Crippen LogP contribution in [0.15, 0.2) is 0 Å². The number of hydrogen-bond acceptors (Lipinski definition) is 4. The molecule has 1 aliphatic rings. The van der Waals surface area contributed by atoms with Gasteiger partial charge in [-0.25, -0.2) is 8.42 Å². The van der Waals surface area contributed by atoms with E-state index in [0.717, 1.165) is 25.9 Å². The number of piperidine rings is 1. The maximum Gasteiger partial charge on any atom is 0.234 e. The smallest absolute Gasteiger partial charge is 0.234 e. The number of rotatable bonds is 4. The predicted molar refractivity (Wildman–Crippen MR) is 62.9 cm³/mol. The minimum absolute atomic E-state index is 0.177. The molecule has 1 amide bonds. The maximum absolute atomic E-state index is 11.9. The van der Waals surface area contributed by atoms with E-state index >= 15 is 0 Å². The molecular weight excluding hydrogens is 228 g/mol. The van der Waals surface area contributed by atoms with Gasteiger partial charge >= 0.3 is 0 Å². The monoisotopic (exact) mass is 248 g/mol. The van der Waals surface area contributed by atoms with E-state index in [2.05, 4.69) is 10.6 Å². The topological polar surface area (TPSA) is 75.3 Å². The Morgan fingerprint density at radius 2 is 2.00 bits per heavy atom. The summed E-state index contributed by atoms with van der Waals surface area (Å²) in [5, 5.41) is 5.12. The third kappa shape index (κ3) is 3.45. The van der Waals surface area contributed by atoms with Crippen LogP contribution in [0.5, 0.6) is 0 Å². The fourth-order valence-electron chi connectivity index (χ4n) is 1.99.